The van der Waals surface area contributed by atoms with E-state index in [1.807, 2.05) is 0 Å². The predicted molar refractivity (Wildman–Crippen MR) is 63.7 cm³/mol. The van der Waals surface area contributed by atoms with Crippen molar-refractivity contribution in [2.45, 2.75) is 11.8 Å². The lowest BCUT2D eigenvalue weighted by Crippen LogP contribution is -2.37. The Morgan fingerprint density at radius 1 is 0.938 bits per heavy atom. The minimum atomic E-state index is 0.547. The van der Waals surface area contributed by atoms with Crippen molar-refractivity contribution in [3.8, 4) is 5.75 Å². The highest BCUT2D eigenvalue weighted by molar-refractivity contribution is 5.56. The average molecular weight is 210 g/mol. The van der Waals surface area contributed by atoms with Gasteiger partial charge in [-0.3, -0.25) is 0 Å². The van der Waals surface area contributed by atoms with Gasteiger partial charge in [-0.05, 0) is 23.5 Å². The second-order valence-electron chi connectivity index (χ2n) is 4.94. The van der Waals surface area contributed by atoms with Crippen molar-refractivity contribution < 1.29 is 4.74 Å². The second kappa shape index (κ2) is 2.79. The molecule has 5 rings (SSSR count). The number of methoxy groups -OCH3 is 1. The molecule has 0 N–H and O–H groups in total. The van der Waals surface area contributed by atoms with Crippen molar-refractivity contribution in [3.63, 3.8) is 0 Å². The molecule has 0 heterocycles. The first-order valence-electron chi connectivity index (χ1n) is 5.93. The standard InChI is InChI=1S/C15H14O/c1-16-14-4-2-3-12-10-7-8-13(15(12)14)11-6-5-9(10)11/h2-11,13H,1H3. The second-order valence-corrected chi connectivity index (χ2v) is 4.94. The topological polar surface area (TPSA) is 9.23 Å². The molecule has 4 aliphatic rings. The number of rotatable bonds is 1. The lowest BCUT2D eigenvalue weighted by atomic mass is 9.55. The molecule has 2 bridgehead atoms. The molecule has 0 fully saturated rings. The molecule has 4 unspecified atom stereocenters. The lowest BCUT2D eigenvalue weighted by Gasteiger charge is -2.48. The Labute approximate surface area is 95.4 Å². The Morgan fingerprint density at radius 3 is 2.44 bits per heavy atom. The molecule has 0 saturated carbocycles. The van der Waals surface area contributed by atoms with E-state index in [-0.39, 0.29) is 0 Å². The third-order valence-electron chi connectivity index (χ3n) is 4.37. The Morgan fingerprint density at radius 2 is 1.69 bits per heavy atom. The number of hydrogen-bond donors (Lipinski definition) is 0. The first-order chi connectivity index (χ1) is 7.90. The fourth-order valence-electron chi connectivity index (χ4n) is 3.57. The maximum Gasteiger partial charge on any atom is 0.122 e. The Balaban J connectivity index is 1.97. The summed E-state index contributed by atoms with van der Waals surface area (Å²) in [6.07, 6.45) is 9.49. The molecule has 4 aliphatic carbocycles. The molecule has 0 amide bonds. The molecule has 16 heavy (non-hydrogen) atoms. The van der Waals surface area contributed by atoms with Crippen molar-refractivity contribution >= 4 is 0 Å². The highest BCUT2D eigenvalue weighted by Crippen LogP contribution is 2.58. The molecular formula is C15H14O. The Kier molecular flexibility index (Phi) is 1.50. The van der Waals surface area contributed by atoms with Crippen LogP contribution in [0.5, 0.6) is 5.75 Å². The van der Waals surface area contributed by atoms with E-state index < -0.39 is 0 Å². The van der Waals surface area contributed by atoms with Gasteiger partial charge in [-0.1, -0.05) is 36.4 Å². The van der Waals surface area contributed by atoms with Crippen LogP contribution in [0.3, 0.4) is 0 Å². The maximum absolute atomic E-state index is 5.51. The minimum Gasteiger partial charge on any atom is -0.496 e. The Hall–Kier alpha value is -1.50. The molecule has 0 saturated heterocycles. The first-order valence-corrected chi connectivity index (χ1v) is 5.93. The largest absolute Gasteiger partial charge is 0.496 e. The van der Waals surface area contributed by atoms with Gasteiger partial charge in [-0.25, -0.2) is 0 Å². The summed E-state index contributed by atoms with van der Waals surface area (Å²) in [6, 6.07) is 6.47. The van der Waals surface area contributed by atoms with E-state index in [0.717, 1.165) is 17.6 Å². The van der Waals surface area contributed by atoms with Gasteiger partial charge in [0.15, 0.2) is 0 Å². The van der Waals surface area contributed by atoms with Gasteiger partial charge in [-0.15, -0.1) is 0 Å². The van der Waals surface area contributed by atoms with Crippen molar-refractivity contribution in [1.82, 2.24) is 0 Å². The van der Waals surface area contributed by atoms with E-state index in [1.165, 1.54) is 11.1 Å². The minimum absolute atomic E-state index is 0.547. The monoisotopic (exact) mass is 210 g/mol. The van der Waals surface area contributed by atoms with Gasteiger partial charge in [0.05, 0.1) is 7.11 Å². The predicted octanol–water partition coefficient (Wildman–Crippen LogP) is 3.25. The van der Waals surface area contributed by atoms with Gasteiger partial charge in [0.1, 0.15) is 5.75 Å². The number of hydrogen-bond acceptors (Lipinski definition) is 1. The van der Waals surface area contributed by atoms with Crippen molar-refractivity contribution in [2.24, 2.45) is 11.8 Å². The van der Waals surface area contributed by atoms with E-state index in [9.17, 15) is 0 Å². The summed E-state index contributed by atoms with van der Waals surface area (Å²) in [6.45, 7) is 0. The quantitative estimate of drug-likeness (QED) is 0.646. The summed E-state index contributed by atoms with van der Waals surface area (Å²) in [4.78, 5) is 0. The average Bonchev–Trinajstić information content (AvgIpc) is 2.28. The first kappa shape index (κ1) is 8.63. The third kappa shape index (κ3) is 0.835. The van der Waals surface area contributed by atoms with E-state index in [2.05, 4.69) is 42.5 Å². The molecule has 0 spiro atoms. The van der Waals surface area contributed by atoms with Gasteiger partial charge in [0.2, 0.25) is 0 Å². The lowest BCUT2D eigenvalue weighted by molar-refractivity contribution is 0.305. The van der Waals surface area contributed by atoms with Crippen LogP contribution >= 0.6 is 0 Å². The van der Waals surface area contributed by atoms with Crippen molar-refractivity contribution in [1.29, 1.82) is 0 Å². The zero-order valence-corrected chi connectivity index (χ0v) is 9.26. The summed E-state index contributed by atoms with van der Waals surface area (Å²) in [7, 11) is 1.77. The highest BCUT2D eigenvalue weighted by Gasteiger charge is 2.46. The molecular weight excluding hydrogens is 196 g/mol. The maximum atomic E-state index is 5.51. The summed E-state index contributed by atoms with van der Waals surface area (Å²) >= 11 is 0. The van der Waals surface area contributed by atoms with Gasteiger partial charge >= 0.3 is 0 Å². The zero-order valence-electron chi connectivity index (χ0n) is 9.26. The molecule has 1 aromatic carbocycles. The summed E-state index contributed by atoms with van der Waals surface area (Å²) in [5.74, 6) is 3.67. The number of ether oxygens (including phenoxy) is 1. The van der Waals surface area contributed by atoms with E-state index in [0.29, 0.717) is 11.8 Å². The fraction of sp³-hybridized carbons (Fsp3) is 0.333. The van der Waals surface area contributed by atoms with Crippen LogP contribution in [0, 0.1) is 11.8 Å². The van der Waals surface area contributed by atoms with Crippen LogP contribution in [-0.4, -0.2) is 7.11 Å². The normalized spacial score (nSPS) is 36.6. The molecule has 80 valence electrons. The van der Waals surface area contributed by atoms with Crippen molar-refractivity contribution in [3.05, 3.63) is 53.6 Å². The molecule has 1 nitrogen and oxygen atoms in total. The van der Waals surface area contributed by atoms with Crippen LogP contribution in [0.4, 0.5) is 0 Å². The fourth-order valence-corrected chi connectivity index (χ4v) is 3.57. The molecule has 0 aliphatic heterocycles. The summed E-state index contributed by atoms with van der Waals surface area (Å²) in [5.41, 5.74) is 2.92. The van der Waals surface area contributed by atoms with Crippen LogP contribution < -0.4 is 4.74 Å². The van der Waals surface area contributed by atoms with Crippen molar-refractivity contribution in [2.75, 3.05) is 7.11 Å². The highest BCUT2D eigenvalue weighted by atomic mass is 16.5. The van der Waals surface area contributed by atoms with Crippen LogP contribution in [0.15, 0.2) is 42.5 Å². The molecule has 4 atom stereocenters. The van der Waals surface area contributed by atoms with Crippen LogP contribution in [0.25, 0.3) is 0 Å². The number of allylic oxidation sites excluding steroid dienone is 4. The summed E-state index contributed by atoms with van der Waals surface area (Å²) in [5, 5.41) is 0. The molecule has 0 radical (unpaired) electrons. The summed E-state index contributed by atoms with van der Waals surface area (Å²) < 4.78 is 5.51. The van der Waals surface area contributed by atoms with E-state index >= 15 is 0 Å². The SMILES string of the molecule is COc1cccc2c1C1C=CC2C2C=CC12. The van der Waals surface area contributed by atoms with Crippen LogP contribution in [0.2, 0.25) is 0 Å². The van der Waals surface area contributed by atoms with Crippen LogP contribution in [0.1, 0.15) is 23.0 Å². The number of benzene rings is 1. The smallest absolute Gasteiger partial charge is 0.122 e. The Bertz CT molecular complexity index is 512. The zero-order chi connectivity index (χ0) is 10.7. The van der Waals surface area contributed by atoms with Gasteiger partial charge in [0.25, 0.3) is 0 Å². The molecule has 1 aromatic rings. The van der Waals surface area contributed by atoms with E-state index in [1.54, 1.807) is 7.11 Å². The third-order valence-corrected chi connectivity index (χ3v) is 4.37. The van der Waals surface area contributed by atoms with E-state index in [4.69, 9.17) is 4.74 Å². The van der Waals surface area contributed by atoms with Gasteiger partial charge in [-0.2, -0.15) is 0 Å². The van der Waals surface area contributed by atoms with Crippen LogP contribution in [-0.2, 0) is 0 Å². The van der Waals surface area contributed by atoms with Gasteiger partial charge in [0, 0.05) is 17.4 Å². The van der Waals surface area contributed by atoms with Gasteiger partial charge < -0.3 is 4.74 Å². The molecule has 1 heteroatoms. The molecule has 0 aromatic heterocycles.